The van der Waals surface area contributed by atoms with Gasteiger partial charge in [0.25, 0.3) is 0 Å². The molecule has 2 aromatic carbocycles. The number of aromatic nitrogens is 1. The number of aliphatic hydroxyl groups is 1. The highest BCUT2D eigenvalue weighted by Crippen LogP contribution is 2.48. The fourth-order valence-electron chi connectivity index (χ4n) is 4.21. The molecule has 1 fully saturated rings. The van der Waals surface area contributed by atoms with Crippen LogP contribution in [0.15, 0.2) is 36.4 Å². The number of amides is 1. The summed E-state index contributed by atoms with van der Waals surface area (Å²) < 4.78 is 41.7. The van der Waals surface area contributed by atoms with Gasteiger partial charge in [-0.2, -0.15) is 0 Å². The van der Waals surface area contributed by atoms with Crippen molar-refractivity contribution in [1.29, 1.82) is 0 Å². The molecular formula is C22H22F3N3O2. The summed E-state index contributed by atoms with van der Waals surface area (Å²) in [4.78, 5) is 14.3. The van der Waals surface area contributed by atoms with E-state index in [1.807, 2.05) is 0 Å². The lowest BCUT2D eigenvalue weighted by atomic mass is 9.70. The van der Waals surface area contributed by atoms with Gasteiger partial charge in [-0.25, -0.2) is 13.2 Å². The predicted molar refractivity (Wildman–Crippen MR) is 107 cm³/mol. The Bertz CT molecular complexity index is 1080. The average molecular weight is 417 g/mol. The first-order valence-electron chi connectivity index (χ1n) is 9.77. The quantitative estimate of drug-likeness (QED) is 0.476. The molecule has 0 bridgehead atoms. The molecule has 0 radical (unpaired) electrons. The number of carbonyl (C=O) groups is 1. The number of hydrogen-bond donors (Lipinski definition) is 4. The number of hydrogen-bond acceptors (Lipinski definition) is 3. The van der Waals surface area contributed by atoms with Crippen molar-refractivity contribution >= 4 is 16.8 Å². The molecule has 0 spiro atoms. The van der Waals surface area contributed by atoms with E-state index in [0.717, 1.165) is 24.5 Å². The zero-order chi connectivity index (χ0) is 21.4. The van der Waals surface area contributed by atoms with Crippen molar-refractivity contribution in [3.63, 3.8) is 0 Å². The van der Waals surface area contributed by atoms with Gasteiger partial charge in [-0.3, -0.25) is 4.79 Å². The Morgan fingerprint density at radius 3 is 2.50 bits per heavy atom. The number of nitrogens with two attached hydrogens (primary N) is 1. The van der Waals surface area contributed by atoms with E-state index in [4.69, 9.17) is 5.73 Å². The molecule has 1 saturated carbocycles. The molecule has 5 N–H and O–H groups in total. The van der Waals surface area contributed by atoms with Crippen LogP contribution in [0.5, 0.6) is 0 Å². The average Bonchev–Trinajstić information content (AvgIpc) is 3.03. The zero-order valence-corrected chi connectivity index (χ0v) is 16.1. The molecule has 158 valence electrons. The van der Waals surface area contributed by atoms with Crippen LogP contribution in [-0.2, 0) is 4.79 Å². The molecule has 0 saturated heterocycles. The number of aromatic amines is 1. The molecule has 1 heterocycles. The second-order valence-electron chi connectivity index (χ2n) is 7.81. The lowest BCUT2D eigenvalue weighted by molar-refractivity contribution is -0.121. The van der Waals surface area contributed by atoms with Gasteiger partial charge in [-0.05, 0) is 72.7 Å². The minimum absolute atomic E-state index is 0.0490. The topological polar surface area (TPSA) is 91.1 Å². The molecule has 8 heteroatoms. The molecule has 1 aliphatic carbocycles. The van der Waals surface area contributed by atoms with Crippen LogP contribution in [0.2, 0.25) is 0 Å². The third-order valence-electron chi connectivity index (χ3n) is 5.82. The molecule has 5 nitrogen and oxygen atoms in total. The first-order chi connectivity index (χ1) is 14.4. The highest BCUT2D eigenvalue weighted by atomic mass is 19.1. The number of rotatable bonds is 7. The van der Waals surface area contributed by atoms with Crippen LogP contribution in [-0.4, -0.2) is 35.2 Å². The number of nitrogens with one attached hydrogen (secondary N) is 2. The van der Waals surface area contributed by atoms with Gasteiger partial charge in [0, 0.05) is 11.5 Å². The summed E-state index contributed by atoms with van der Waals surface area (Å²) in [6.07, 6.45) is 1.48. The Kier molecular flexibility index (Phi) is 5.53. The summed E-state index contributed by atoms with van der Waals surface area (Å²) >= 11 is 0. The fraction of sp³-hybridized carbons (Fsp3) is 0.318. The van der Waals surface area contributed by atoms with Crippen molar-refractivity contribution in [3.05, 3.63) is 59.4 Å². The van der Waals surface area contributed by atoms with Crippen LogP contribution in [0.4, 0.5) is 13.2 Å². The van der Waals surface area contributed by atoms with Crippen LogP contribution in [0, 0.1) is 23.4 Å². The molecular weight excluding hydrogens is 395 g/mol. The summed E-state index contributed by atoms with van der Waals surface area (Å²) in [5.41, 5.74) is 7.59. The van der Waals surface area contributed by atoms with Gasteiger partial charge in [0.05, 0.1) is 17.8 Å². The first kappa shape index (κ1) is 20.4. The molecule has 0 aliphatic heterocycles. The standard InChI is InChI=1S/C22H22F3N3O2/c23-14-3-1-12(2-4-14)20-19(16-7-15(24)8-17(25)21(16)28-20)13-5-11(6-13)9-27-18(10-29)22(26)30/h1-4,7-8,11,13,18,27-29H,5-6,9-10H2,(H2,26,30). The molecule has 1 amide bonds. The van der Waals surface area contributed by atoms with E-state index in [1.54, 1.807) is 12.1 Å². The molecule has 30 heavy (non-hydrogen) atoms. The maximum atomic E-state index is 14.4. The minimum Gasteiger partial charge on any atom is -0.394 e. The molecule has 1 atom stereocenters. The maximum Gasteiger partial charge on any atom is 0.236 e. The van der Waals surface area contributed by atoms with Gasteiger partial charge < -0.3 is 21.1 Å². The van der Waals surface area contributed by atoms with Crippen LogP contribution < -0.4 is 11.1 Å². The van der Waals surface area contributed by atoms with Gasteiger partial charge in [-0.15, -0.1) is 0 Å². The van der Waals surface area contributed by atoms with E-state index in [9.17, 15) is 23.1 Å². The van der Waals surface area contributed by atoms with Crippen molar-refractivity contribution < 1.29 is 23.1 Å². The second-order valence-corrected chi connectivity index (χ2v) is 7.81. The minimum atomic E-state index is -0.796. The summed E-state index contributed by atoms with van der Waals surface area (Å²) in [5, 5.41) is 12.6. The zero-order valence-electron chi connectivity index (χ0n) is 16.1. The number of primary amides is 1. The monoisotopic (exact) mass is 417 g/mol. The van der Waals surface area contributed by atoms with Gasteiger partial charge in [0.15, 0.2) is 0 Å². The van der Waals surface area contributed by atoms with E-state index < -0.39 is 23.6 Å². The van der Waals surface area contributed by atoms with Crippen molar-refractivity contribution in [2.45, 2.75) is 24.8 Å². The van der Waals surface area contributed by atoms with E-state index in [-0.39, 0.29) is 29.8 Å². The van der Waals surface area contributed by atoms with Crippen LogP contribution in [0.25, 0.3) is 22.2 Å². The largest absolute Gasteiger partial charge is 0.394 e. The van der Waals surface area contributed by atoms with Crippen molar-refractivity contribution in [2.24, 2.45) is 11.7 Å². The Labute approximate surface area is 171 Å². The molecule has 1 aliphatic rings. The van der Waals surface area contributed by atoms with Gasteiger partial charge in [0.2, 0.25) is 5.91 Å². The van der Waals surface area contributed by atoms with E-state index >= 15 is 0 Å². The van der Waals surface area contributed by atoms with Gasteiger partial charge in [-0.1, -0.05) is 0 Å². The number of aliphatic hydroxyl groups excluding tert-OH is 1. The maximum absolute atomic E-state index is 14.4. The van der Waals surface area contributed by atoms with Crippen LogP contribution >= 0.6 is 0 Å². The van der Waals surface area contributed by atoms with Crippen molar-refractivity contribution in [3.8, 4) is 11.3 Å². The molecule has 1 aromatic heterocycles. The van der Waals surface area contributed by atoms with E-state index in [2.05, 4.69) is 10.3 Å². The van der Waals surface area contributed by atoms with Gasteiger partial charge in [0.1, 0.15) is 23.5 Å². The summed E-state index contributed by atoms with van der Waals surface area (Å²) in [6, 6.07) is 7.22. The van der Waals surface area contributed by atoms with E-state index in [0.29, 0.717) is 23.2 Å². The fourth-order valence-corrected chi connectivity index (χ4v) is 4.21. The molecule has 3 aromatic rings. The Morgan fingerprint density at radius 1 is 1.17 bits per heavy atom. The first-order valence-corrected chi connectivity index (χ1v) is 9.77. The Morgan fingerprint density at radius 2 is 1.87 bits per heavy atom. The third-order valence-corrected chi connectivity index (χ3v) is 5.82. The van der Waals surface area contributed by atoms with E-state index in [1.165, 1.54) is 18.2 Å². The second kappa shape index (κ2) is 8.12. The summed E-state index contributed by atoms with van der Waals surface area (Å²) in [6.45, 7) is 0.128. The summed E-state index contributed by atoms with van der Waals surface area (Å²) in [5.74, 6) is -2.05. The SMILES string of the molecule is NC(=O)C(CO)NCC1CC(c2c(-c3ccc(F)cc3)[nH]c3c(F)cc(F)cc23)C1. The van der Waals surface area contributed by atoms with Crippen molar-refractivity contribution in [2.75, 3.05) is 13.2 Å². The lowest BCUT2D eigenvalue weighted by Crippen LogP contribution is -2.47. The van der Waals surface area contributed by atoms with Crippen molar-refractivity contribution in [1.82, 2.24) is 10.3 Å². The lowest BCUT2D eigenvalue weighted by Gasteiger charge is -2.37. The Hall–Kier alpha value is -2.84. The van der Waals surface area contributed by atoms with Gasteiger partial charge >= 0.3 is 0 Å². The third kappa shape index (κ3) is 3.80. The molecule has 4 rings (SSSR count). The smallest absolute Gasteiger partial charge is 0.236 e. The predicted octanol–water partition coefficient (Wildman–Crippen LogP) is 3.18. The molecule has 1 unspecified atom stereocenters. The number of H-pyrrole nitrogens is 1. The Balaban J connectivity index is 1.63. The number of halogens is 3. The summed E-state index contributed by atoms with van der Waals surface area (Å²) in [7, 11) is 0. The number of benzene rings is 2. The number of fused-ring (bicyclic) bond motifs is 1. The van der Waals surface area contributed by atoms with Crippen LogP contribution in [0.1, 0.15) is 24.3 Å². The number of carbonyl (C=O) groups excluding carboxylic acids is 1. The normalized spacial score (nSPS) is 19.6. The highest BCUT2D eigenvalue weighted by Gasteiger charge is 2.35. The highest BCUT2D eigenvalue weighted by molar-refractivity contribution is 5.92. The van der Waals surface area contributed by atoms with Crippen LogP contribution in [0.3, 0.4) is 0 Å².